The number of hydrogen-bond donors (Lipinski definition) is 1. The fraction of sp³-hybridized carbons (Fsp3) is 0.120. The molecule has 2 aliphatic rings. The Hall–Kier alpha value is -3.86. The van der Waals surface area contributed by atoms with E-state index in [0.717, 1.165) is 16.9 Å². The topological polar surface area (TPSA) is 72.8 Å². The number of carbonyl (C=O) groups excluding carboxylic acids is 2. The number of fused-ring (bicyclic) bond motifs is 2. The van der Waals surface area contributed by atoms with Crippen LogP contribution in [0.2, 0.25) is 0 Å². The quantitative estimate of drug-likeness (QED) is 0.400. The molecule has 5 rings (SSSR count). The fourth-order valence-corrected chi connectivity index (χ4v) is 4.03. The molecule has 2 aliphatic heterocycles. The predicted octanol–water partition coefficient (Wildman–Crippen LogP) is 4.49. The van der Waals surface area contributed by atoms with Crippen molar-refractivity contribution < 1.29 is 24.2 Å². The van der Waals surface area contributed by atoms with Gasteiger partial charge < -0.3 is 14.6 Å². The summed E-state index contributed by atoms with van der Waals surface area (Å²) < 4.78 is 11.2. The van der Waals surface area contributed by atoms with Gasteiger partial charge in [0.1, 0.15) is 23.9 Å². The van der Waals surface area contributed by atoms with Crippen molar-refractivity contribution >= 4 is 17.8 Å². The van der Waals surface area contributed by atoms with Crippen molar-refractivity contribution in [1.29, 1.82) is 0 Å². The first-order valence-electron chi connectivity index (χ1n) is 9.70. The van der Waals surface area contributed by atoms with Gasteiger partial charge in [0.25, 0.3) is 0 Å². The molecule has 0 amide bonds. The lowest BCUT2D eigenvalue weighted by molar-refractivity contribution is -0.135. The molecule has 1 N–H and O–H groups in total. The predicted molar refractivity (Wildman–Crippen MR) is 111 cm³/mol. The molecular weight excluding hydrogens is 380 g/mol. The second kappa shape index (κ2) is 7.19. The first-order valence-corrected chi connectivity index (χ1v) is 9.70. The van der Waals surface area contributed by atoms with Gasteiger partial charge in [-0.15, -0.1) is 0 Å². The molecule has 1 atom stereocenters. The number of phenols is 1. The number of esters is 1. The van der Waals surface area contributed by atoms with Gasteiger partial charge in [-0.3, -0.25) is 9.59 Å². The van der Waals surface area contributed by atoms with Crippen LogP contribution in [-0.2, 0) is 4.79 Å². The minimum absolute atomic E-state index is 0.0703. The van der Waals surface area contributed by atoms with Crippen molar-refractivity contribution in [3.05, 3.63) is 94.6 Å². The second-order valence-electron chi connectivity index (χ2n) is 7.35. The number of rotatable bonds is 3. The molecule has 5 nitrogen and oxygen atoms in total. The van der Waals surface area contributed by atoms with E-state index in [-0.39, 0.29) is 35.2 Å². The van der Waals surface area contributed by atoms with Crippen LogP contribution in [0, 0.1) is 0 Å². The Bertz CT molecular complexity index is 1190. The molecule has 3 aromatic carbocycles. The van der Waals surface area contributed by atoms with Crippen molar-refractivity contribution in [3.8, 4) is 17.2 Å². The summed E-state index contributed by atoms with van der Waals surface area (Å²) in [7, 11) is 0. The van der Waals surface area contributed by atoms with Crippen LogP contribution in [0.4, 0.5) is 0 Å². The lowest BCUT2D eigenvalue weighted by Gasteiger charge is -2.30. The molecule has 30 heavy (non-hydrogen) atoms. The third-order valence-electron chi connectivity index (χ3n) is 5.50. The van der Waals surface area contributed by atoms with Gasteiger partial charge in [-0.25, -0.2) is 0 Å². The first-order chi connectivity index (χ1) is 14.6. The zero-order chi connectivity index (χ0) is 20.7. The Morgan fingerprint density at radius 2 is 1.70 bits per heavy atom. The van der Waals surface area contributed by atoms with E-state index < -0.39 is 5.92 Å². The molecule has 0 bridgehead atoms. The molecule has 148 valence electrons. The summed E-state index contributed by atoms with van der Waals surface area (Å²) in [5, 5.41) is 11.1. The van der Waals surface area contributed by atoms with Crippen LogP contribution in [0.5, 0.6) is 17.2 Å². The minimum Gasteiger partial charge on any atom is -0.507 e. The minimum atomic E-state index is -0.432. The van der Waals surface area contributed by atoms with Crippen molar-refractivity contribution in [2.45, 2.75) is 12.3 Å². The highest BCUT2D eigenvalue weighted by atomic mass is 16.5. The van der Waals surface area contributed by atoms with Crippen LogP contribution in [0.1, 0.15) is 39.4 Å². The largest absolute Gasteiger partial charge is 0.507 e. The Balaban J connectivity index is 1.61. The third kappa shape index (κ3) is 3.05. The Labute approximate surface area is 173 Å². The number of benzene rings is 3. The molecule has 5 heteroatoms. The van der Waals surface area contributed by atoms with Crippen molar-refractivity contribution in [2.75, 3.05) is 6.61 Å². The summed E-state index contributed by atoms with van der Waals surface area (Å²) in [5.74, 6) is -0.202. The highest BCUT2D eigenvalue weighted by molar-refractivity contribution is 6.11. The standard InChI is InChI=1S/C25H18O5/c26-22-13-19(17-12-16-8-4-5-9-20(16)29-14-17)23-21(30-22)11-10-18(25(23)28)24(27)15-6-2-1-3-7-15/h1-12,19,28H,13-14H2/t19-/m1/s1. The Kier molecular flexibility index (Phi) is 4.36. The van der Waals surface area contributed by atoms with E-state index in [1.54, 1.807) is 30.3 Å². The van der Waals surface area contributed by atoms with Gasteiger partial charge in [0.2, 0.25) is 0 Å². The summed E-state index contributed by atoms with van der Waals surface area (Å²) >= 11 is 0. The molecule has 0 aromatic heterocycles. The molecule has 0 spiro atoms. The van der Waals surface area contributed by atoms with E-state index in [2.05, 4.69) is 0 Å². The van der Waals surface area contributed by atoms with E-state index in [4.69, 9.17) is 9.47 Å². The lowest BCUT2D eigenvalue weighted by Crippen LogP contribution is -2.25. The summed E-state index contributed by atoms with van der Waals surface area (Å²) in [5.41, 5.74) is 2.87. The van der Waals surface area contributed by atoms with E-state index in [0.29, 0.717) is 17.7 Å². The van der Waals surface area contributed by atoms with E-state index in [9.17, 15) is 14.7 Å². The molecule has 2 heterocycles. The van der Waals surface area contributed by atoms with Crippen LogP contribution in [0.3, 0.4) is 0 Å². The van der Waals surface area contributed by atoms with Gasteiger partial charge in [0.15, 0.2) is 5.78 Å². The highest BCUT2D eigenvalue weighted by Crippen LogP contribution is 2.47. The van der Waals surface area contributed by atoms with E-state index in [1.807, 2.05) is 36.4 Å². The van der Waals surface area contributed by atoms with Gasteiger partial charge in [-0.1, -0.05) is 48.5 Å². The number of hydrogen-bond acceptors (Lipinski definition) is 5. The smallest absolute Gasteiger partial charge is 0.312 e. The summed E-state index contributed by atoms with van der Waals surface area (Å²) in [6, 6.07) is 19.5. The maximum atomic E-state index is 13.0. The molecule has 0 radical (unpaired) electrons. The number of ketones is 1. The van der Waals surface area contributed by atoms with Crippen LogP contribution in [0.15, 0.2) is 72.3 Å². The molecular formula is C25H18O5. The Morgan fingerprint density at radius 3 is 2.53 bits per heavy atom. The zero-order valence-corrected chi connectivity index (χ0v) is 16.0. The molecule has 0 saturated carbocycles. The summed E-state index contributed by atoms with van der Waals surface area (Å²) in [6.45, 7) is 0.296. The SMILES string of the molecule is O=C1C[C@H](C2=Cc3ccccc3OC2)c2c(ccc(C(=O)c3ccccc3)c2O)O1. The maximum absolute atomic E-state index is 13.0. The van der Waals surface area contributed by atoms with Gasteiger partial charge in [-0.05, 0) is 29.8 Å². The van der Waals surface area contributed by atoms with Gasteiger partial charge in [0.05, 0.1) is 12.0 Å². The maximum Gasteiger partial charge on any atom is 0.312 e. The van der Waals surface area contributed by atoms with E-state index in [1.165, 1.54) is 6.07 Å². The molecule has 0 saturated heterocycles. The van der Waals surface area contributed by atoms with Crippen LogP contribution < -0.4 is 9.47 Å². The van der Waals surface area contributed by atoms with Gasteiger partial charge >= 0.3 is 5.97 Å². The molecule has 0 unspecified atom stereocenters. The van der Waals surface area contributed by atoms with Crippen LogP contribution in [0.25, 0.3) is 6.08 Å². The normalized spacial score (nSPS) is 17.1. The number of phenolic OH excluding ortho intramolecular Hbond substituents is 1. The number of aromatic hydroxyl groups is 1. The molecule has 0 aliphatic carbocycles. The summed E-state index contributed by atoms with van der Waals surface area (Å²) in [6.07, 6.45) is 2.05. The van der Waals surface area contributed by atoms with Crippen molar-refractivity contribution in [3.63, 3.8) is 0 Å². The van der Waals surface area contributed by atoms with Crippen LogP contribution in [-0.4, -0.2) is 23.5 Å². The second-order valence-corrected chi connectivity index (χ2v) is 7.35. The van der Waals surface area contributed by atoms with Crippen molar-refractivity contribution in [2.24, 2.45) is 0 Å². The highest BCUT2D eigenvalue weighted by Gasteiger charge is 2.35. The van der Waals surface area contributed by atoms with E-state index >= 15 is 0 Å². The first kappa shape index (κ1) is 18.2. The zero-order valence-electron chi connectivity index (χ0n) is 16.0. The third-order valence-corrected chi connectivity index (χ3v) is 5.50. The number of para-hydroxylation sites is 1. The summed E-state index contributed by atoms with van der Waals surface area (Å²) in [4.78, 5) is 25.2. The average Bonchev–Trinajstić information content (AvgIpc) is 2.78. The monoisotopic (exact) mass is 398 g/mol. The number of carbonyl (C=O) groups is 2. The molecule has 0 fully saturated rings. The Morgan fingerprint density at radius 1 is 0.933 bits per heavy atom. The average molecular weight is 398 g/mol. The van der Waals surface area contributed by atoms with Gasteiger partial charge in [0, 0.05) is 22.6 Å². The van der Waals surface area contributed by atoms with Crippen LogP contribution >= 0.6 is 0 Å². The lowest BCUT2D eigenvalue weighted by atomic mass is 9.82. The fourth-order valence-electron chi connectivity index (χ4n) is 4.03. The van der Waals surface area contributed by atoms with Crippen molar-refractivity contribution in [1.82, 2.24) is 0 Å². The molecule has 3 aromatic rings. The number of ether oxygens (including phenoxy) is 2. The van der Waals surface area contributed by atoms with Gasteiger partial charge in [-0.2, -0.15) is 0 Å².